The molecule has 110 valence electrons. The zero-order chi connectivity index (χ0) is 13.9. The summed E-state index contributed by atoms with van der Waals surface area (Å²) in [6, 6.07) is 1.31. The summed E-state index contributed by atoms with van der Waals surface area (Å²) in [7, 11) is 0. The molecule has 0 spiro atoms. The van der Waals surface area contributed by atoms with Crippen LogP contribution in [-0.2, 0) is 4.74 Å². The normalized spacial score (nSPS) is 31.9. The molecule has 2 rings (SSSR count). The van der Waals surface area contributed by atoms with E-state index in [-0.39, 0.29) is 5.41 Å². The van der Waals surface area contributed by atoms with Gasteiger partial charge in [0.1, 0.15) is 0 Å². The van der Waals surface area contributed by atoms with Crippen molar-refractivity contribution in [3.63, 3.8) is 0 Å². The third-order valence-electron chi connectivity index (χ3n) is 4.96. The lowest BCUT2D eigenvalue weighted by Gasteiger charge is -2.53. The SMILES string of the molecule is C=CCN1CCC(N[C@H]2C[C@@H](OCC)C2(C)C)CC1. The lowest BCUT2D eigenvalue weighted by atomic mass is 9.64. The quantitative estimate of drug-likeness (QED) is 0.747. The fraction of sp³-hybridized carbons (Fsp3) is 0.875. The van der Waals surface area contributed by atoms with Gasteiger partial charge in [0.05, 0.1) is 6.10 Å². The van der Waals surface area contributed by atoms with Gasteiger partial charge in [-0.15, -0.1) is 6.58 Å². The van der Waals surface area contributed by atoms with Crippen molar-refractivity contribution in [2.45, 2.75) is 58.2 Å². The zero-order valence-corrected chi connectivity index (χ0v) is 12.8. The van der Waals surface area contributed by atoms with E-state index in [1.165, 1.54) is 32.4 Å². The van der Waals surface area contributed by atoms with Gasteiger partial charge in [0.25, 0.3) is 0 Å². The van der Waals surface area contributed by atoms with E-state index in [1.807, 2.05) is 6.08 Å². The highest BCUT2D eigenvalue weighted by Crippen LogP contribution is 2.43. The molecular weight excluding hydrogens is 236 g/mol. The highest BCUT2D eigenvalue weighted by Gasteiger charge is 2.49. The molecule has 0 unspecified atom stereocenters. The van der Waals surface area contributed by atoms with Gasteiger partial charge in [-0.25, -0.2) is 0 Å². The summed E-state index contributed by atoms with van der Waals surface area (Å²) in [5.74, 6) is 0. The second-order valence-corrected chi connectivity index (χ2v) is 6.58. The van der Waals surface area contributed by atoms with E-state index in [0.717, 1.165) is 13.2 Å². The molecule has 0 aromatic carbocycles. The topological polar surface area (TPSA) is 24.5 Å². The van der Waals surface area contributed by atoms with Gasteiger partial charge in [-0.3, -0.25) is 4.90 Å². The van der Waals surface area contributed by atoms with Crippen LogP contribution in [0.4, 0.5) is 0 Å². The van der Waals surface area contributed by atoms with Crippen LogP contribution in [0, 0.1) is 5.41 Å². The predicted molar refractivity (Wildman–Crippen MR) is 80.4 cm³/mol. The van der Waals surface area contributed by atoms with Crippen molar-refractivity contribution in [3.05, 3.63) is 12.7 Å². The van der Waals surface area contributed by atoms with Crippen LogP contribution >= 0.6 is 0 Å². The molecule has 1 heterocycles. The van der Waals surface area contributed by atoms with Crippen molar-refractivity contribution in [1.29, 1.82) is 0 Å². The molecule has 0 bridgehead atoms. The molecule has 19 heavy (non-hydrogen) atoms. The van der Waals surface area contributed by atoms with Crippen LogP contribution in [0.25, 0.3) is 0 Å². The third kappa shape index (κ3) is 3.39. The molecule has 3 heteroatoms. The van der Waals surface area contributed by atoms with Crippen LogP contribution in [0.2, 0.25) is 0 Å². The molecule has 1 saturated carbocycles. The number of piperidine rings is 1. The summed E-state index contributed by atoms with van der Waals surface area (Å²) in [6.45, 7) is 14.8. The van der Waals surface area contributed by atoms with Gasteiger partial charge < -0.3 is 10.1 Å². The molecular formula is C16H30N2O. The van der Waals surface area contributed by atoms with E-state index in [0.29, 0.717) is 18.2 Å². The van der Waals surface area contributed by atoms with E-state index in [2.05, 4.69) is 37.6 Å². The van der Waals surface area contributed by atoms with Gasteiger partial charge in [-0.05, 0) is 39.3 Å². The maximum atomic E-state index is 5.80. The number of hydrogen-bond acceptors (Lipinski definition) is 3. The van der Waals surface area contributed by atoms with E-state index in [9.17, 15) is 0 Å². The molecule has 2 atom stereocenters. The van der Waals surface area contributed by atoms with Crippen molar-refractivity contribution >= 4 is 0 Å². The largest absolute Gasteiger partial charge is 0.378 e. The Hall–Kier alpha value is -0.380. The van der Waals surface area contributed by atoms with E-state index < -0.39 is 0 Å². The van der Waals surface area contributed by atoms with Crippen LogP contribution in [0.15, 0.2) is 12.7 Å². The highest BCUT2D eigenvalue weighted by atomic mass is 16.5. The van der Waals surface area contributed by atoms with Crippen molar-refractivity contribution < 1.29 is 4.74 Å². The van der Waals surface area contributed by atoms with Crippen molar-refractivity contribution in [2.24, 2.45) is 5.41 Å². The minimum absolute atomic E-state index is 0.286. The first-order valence-corrected chi connectivity index (χ1v) is 7.78. The number of nitrogens with one attached hydrogen (secondary N) is 1. The molecule has 3 nitrogen and oxygen atoms in total. The third-order valence-corrected chi connectivity index (χ3v) is 4.96. The fourth-order valence-electron chi connectivity index (χ4n) is 3.40. The number of hydrogen-bond donors (Lipinski definition) is 1. The Labute approximate surface area is 118 Å². The van der Waals surface area contributed by atoms with Gasteiger partial charge in [0, 0.05) is 30.7 Å². The molecule has 0 radical (unpaired) electrons. The first-order chi connectivity index (χ1) is 9.07. The van der Waals surface area contributed by atoms with Crippen LogP contribution in [0.5, 0.6) is 0 Å². The van der Waals surface area contributed by atoms with Crippen molar-refractivity contribution in [1.82, 2.24) is 10.2 Å². The Morgan fingerprint density at radius 3 is 2.58 bits per heavy atom. The van der Waals surface area contributed by atoms with E-state index in [1.54, 1.807) is 0 Å². The predicted octanol–water partition coefficient (Wildman–Crippen LogP) is 2.43. The maximum absolute atomic E-state index is 5.80. The Bertz CT molecular complexity index is 295. The number of rotatable bonds is 6. The van der Waals surface area contributed by atoms with E-state index in [4.69, 9.17) is 4.74 Å². The minimum atomic E-state index is 0.286. The molecule has 1 aliphatic heterocycles. The second-order valence-electron chi connectivity index (χ2n) is 6.58. The highest BCUT2D eigenvalue weighted by molar-refractivity contribution is 5.04. The fourth-order valence-corrected chi connectivity index (χ4v) is 3.40. The lowest BCUT2D eigenvalue weighted by molar-refractivity contribution is -0.117. The molecule has 0 aromatic heterocycles. The van der Waals surface area contributed by atoms with E-state index >= 15 is 0 Å². The first-order valence-electron chi connectivity index (χ1n) is 7.78. The average molecular weight is 266 g/mol. The monoisotopic (exact) mass is 266 g/mol. The Balaban J connectivity index is 1.73. The zero-order valence-electron chi connectivity index (χ0n) is 12.8. The lowest BCUT2D eigenvalue weighted by Crippen LogP contribution is -2.63. The maximum Gasteiger partial charge on any atom is 0.0655 e. The summed E-state index contributed by atoms with van der Waals surface area (Å²) in [6.07, 6.45) is 6.15. The Kier molecular flexibility index (Phi) is 5.04. The molecule has 1 N–H and O–H groups in total. The van der Waals surface area contributed by atoms with Gasteiger partial charge >= 0.3 is 0 Å². The molecule has 2 aliphatic rings. The molecule has 1 saturated heterocycles. The second kappa shape index (κ2) is 6.38. The molecule has 1 aliphatic carbocycles. The van der Waals surface area contributed by atoms with Gasteiger partial charge in [-0.1, -0.05) is 19.9 Å². The average Bonchev–Trinajstić information content (AvgIpc) is 2.40. The summed E-state index contributed by atoms with van der Waals surface area (Å²) >= 11 is 0. The minimum Gasteiger partial charge on any atom is -0.378 e. The summed E-state index contributed by atoms with van der Waals surface area (Å²) in [5, 5.41) is 3.86. The molecule has 2 fully saturated rings. The summed E-state index contributed by atoms with van der Waals surface area (Å²) in [4.78, 5) is 2.49. The van der Waals surface area contributed by atoms with Crippen LogP contribution in [-0.4, -0.2) is 49.3 Å². The van der Waals surface area contributed by atoms with Crippen molar-refractivity contribution in [3.8, 4) is 0 Å². The first kappa shape index (κ1) is 15.0. The van der Waals surface area contributed by atoms with Gasteiger partial charge in [0.15, 0.2) is 0 Å². The smallest absolute Gasteiger partial charge is 0.0655 e. The molecule has 0 amide bonds. The number of ether oxygens (including phenoxy) is 1. The Morgan fingerprint density at radius 2 is 2.05 bits per heavy atom. The van der Waals surface area contributed by atoms with Crippen molar-refractivity contribution in [2.75, 3.05) is 26.2 Å². The molecule has 0 aromatic rings. The number of nitrogens with zero attached hydrogens (tertiary/aromatic N) is 1. The standard InChI is InChI=1S/C16H30N2O/c1-5-9-18-10-7-13(8-11-18)17-14-12-15(19-6-2)16(14,3)4/h5,13-15,17H,1,6-12H2,2-4H3/t14-,15+/m0/s1. The van der Waals surface area contributed by atoms with Crippen LogP contribution in [0.1, 0.15) is 40.0 Å². The van der Waals surface area contributed by atoms with Gasteiger partial charge in [0.2, 0.25) is 0 Å². The summed E-state index contributed by atoms with van der Waals surface area (Å²) < 4.78 is 5.80. The van der Waals surface area contributed by atoms with Crippen LogP contribution < -0.4 is 5.32 Å². The summed E-state index contributed by atoms with van der Waals surface area (Å²) in [5.41, 5.74) is 0.286. The Morgan fingerprint density at radius 1 is 1.37 bits per heavy atom. The van der Waals surface area contributed by atoms with Crippen LogP contribution in [0.3, 0.4) is 0 Å². The van der Waals surface area contributed by atoms with Gasteiger partial charge in [-0.2, -0.15) is 0 Å². The number of likely N-dealkylation sites (tertiary alicyclic amines) is 1.